The Balaban J connectivity index is 1.26. The number of nitrogens with zero attached hydrogens (tertiary/aromatic N) is 3. The molecule has 1 spiro atoms. The largest absolute Gasteiger partial charge is 0.473 e. The fourth-order valence-corrected chi connectivity index (χ4v) is 4.03. The van der Waals surface area contributed by atoms with E-state index in [2.05, 4.69) is 15.0 Å². The van der Waals surface area contributed by atoms with Crippen molar-refractivity contribution in [1.82, 2.24) is 19.9 Å². The highest BCUT2D eigenvalue weighted by Crippen LogP contribution is 2.36. The highest BCUT2D eigenvalue weighted by molar-refractivity contribution is 6.07. The van der Waals surface area contributed by atoms with Crippen LogP contribution in [-0.2, 0) is 4.74 Å². The van der Waals surface area contributed by atoms with E-state index in [-0.39, 0.29) is 17.6 Å². The molecule has 0 aliphatic carbocycles. The Morgan fingerprint density at radius 1 is 1.30 bits per heavy atom. The Labute approximate surface area is 156 Å². The average Bonchev–Trinajstić information content (AvgIpc) is 3.11. The van der Waals surface area contributed by atoms with Crippen molar-refractivity contribution in [1.29, 1.82) is 0 Å². The molecule has 7 nitrogen and oxygen atoms in total. The number of aromatic nitrogens is 3. The second-order valence-electron chi connectivity index (χ2n) is 7.22. The second-order valence-corrected chi connectivity index (χ2v) is 7.22. The van der Waals surface area contributed by atoms with Crippen LogP contribution in [0, 0.1) is 0 Å². The Bertz CT molecular complexity index is 966. The second kappa shape index (κ2) is 6.35. The zero-order chi connectivity index (χ0) is 18.3. The molecule has 4 heterocycles. The number of ether oxygens (including phenoxy) is 2. The van der Waals surface area contributed by atoms with E-state index in [1.165, 1.54) is 0 Å². The molecule has 27 heavy (non-hydrogen) atoms. The van der Waals surface area contributed by atoms with E-state index >= 15 is 0 Å². The molecule has 3 aromatic rings. The topological polar surface area (TPSA) is 80.3 Å². The summed E-state index contributed by atoms with van der Waals surface area (Å²) in [4.78, 5) is 26.1. The Morgan fingerprint density at radius 2 is 2.19 bits per heavy atom. The minimum Gasteiger partial charge on any atom is -0.473 e. The number of fused-ring (bicyclic) bond motifs is 1. The summed E-state index contributed by atoms with van der Waals surface area (Å²) in [5, 5.41) is 0.955. The number of amides is 1. The summed E-state index contributed by atoms with van der Waals surface area (Å²) in [5.74, 6) is 0.573. The molecular weight excluding hydrogens is 344 g/mol. The van der Waals surface area contributed by atoms with Crippen LogP contribution in [0.3, 0.4) is 0 Å². The predicted molar refractivity (Wildman–Crippen MR) is 98.6 cm³/mol. The molecule has 138 valence electrons. The first-order valence-corrected chi connectivity index (χ1v) is 9.14. The Morgan fingerprint density at radius 3 is 3.04 bits per heavy atom. The summed E-state index contributed by atoms with van der Waals surface area (Å²) < 4.78 is 12.0. The van der Waals surface area contributed by atoms with Gasteiger partial charge in [-0.2, -0.15) is 0 Å². The molecule has 1 atom stereocenters. The van der Waals surface area contributed by atoms with Crippen molar-refractivity contribution in [2.24, 2.45) is 0 Å². The first kappa shape index (κ1) is 16.3. The van der Waals surface area contributed by atoms with Crippen LogP contribution >= 0.6 is 0 Å². The number of aromatic amines is 1. The van der Waals surface area contributed by atoms with E-state index in [0.717, 1.165) is 23.7 Å². The third-order valence-corrected chi connectivity index (χ3v) is 5.34. The van der Waals surface area contributed by atoms with Crippen molar-refractivity contribution >= 4 is 16.8 Å². The molecule has 0 bridgehead atoms. The van der Waals surface area contributed by atoms with Gasteiger partial charge in [-0.05, 0) is 6.07 Å². The highest BCUT2D eigenvalue weighted by Gasteiger charge is 2.50. The minimum atomic E-state index is -0.313. The Kier molecular flexibility index (Phi) is 3.82. The molecule has 5 rings (SSSR count). The van der Waals surface area contributed by atoms with Crippen molar-refractivity contribution in [3.8, 4) is 5.88 Å². The molecule has 2 saturated heterocycles. The fourth-order valence-electron chi connectivity index (χ4n) is 4.03. The Hall–Kier alpha value is -2.93. The monoisotopic (exact) mass is 364 g/mol. The summed E-state index contributed by atoms with van der Waals surface area (Å²) in [6, 6.07) is 7.85. The zero-order valence-corrected chi connectivity index (χ0v) is 14.8. The normalized spacial score (nSPS) is 21.2. The van der Waals surface area contributed by atoms with Gasteiger partial charge in [-0.3, -0.25) is 9.78 Å². The van der Waals surface area contributed by atoms with Crippen molar-refractivity contribution in [3.63, 3.8) is 0 Å². The molecule has 7 heteroatoms. The van der Waals surface area contributed by atoms with Gasteiger partial charge in [0.15, 0.2) is 0 Å². The van der Waals surface area contributed by atoms with Crippen LogP contribution in [0.4, 0.5) is 0 Å². The van der Waals surface area contributed by atoms with Crippen molar-refractivity contribution in [2.45, 2.75) is 24.5 Å². The quantitative estimate of drug-likeness (QED) is 0.772. The molecule has 1 amide bonds. The van der Waals surface area contributed by atoms with Crippen LogP contribution in [0.25, 0.3) is 10.9 Å². The first-order valence-electron chi connectivity index (χ1n) is 9.14. The molecule has 2 fully saturated rings. The SMILES string of the molecule is O=C(c1c[nH]c2ccccc12)N1CC2(C[C@H](Oc3cnccn3)CCO2)C1. The van der Waals surface area contributed by atoms with Gasteiger partial charge in [0, 0.05) is 42.3 Å². The zero-order valence-electron chi connectivity index (χ0n) is 14.8. The van der Waals surface area contributed by atoms with Crippen LogP contribution in [0.15, 0.2) is 49.1 Å². The predicted octanol–water partition coefficient (Wildman–Crippen LogP) is 2.41. The van der Waals surface area contributed by atoms with E-state index in [0.29, 0.717) is 31.1 Å². The number of H-pyrrole nitrogens is 1. The number of hydrogen-bond acceptors (Lipinski definition) is 5. The molecule has 2 aliphatic heterocycles. The number of nitrogens with one attached hydrogen (secondary N) is 1. The number of likely N-dealkylation sites (tertiary alicyclic amines) is 1. The molecule has 0 unspecified atom stereocenters. The van der Waals surface area contributed by atoms with Gasteiger partial charge in [0.05, 0.1) is 31.5 Å². The number of carbonyl (C=O) groups is 1. The maximum Gasteiger partial charge on any atom is 0.256 e. The number of rotatable bonds is 3. The molecule has 0 radical (unpaired) electrons. The third kappa shape index (κ3) is 2.94. The fraction of sp³-hybridized carbons (Fsp3) is 0.350. The lowest BCUT2D eigenvalue weighted by Crippen LogP contribution is -2.67. The molecule has 0 saturated carbocycles. The lowest BCUT2D eigenvalue weighted by molar-refractivity contribution is -0.174. The summed E-state index contributed by atoms with van der Waals surface area (Å²) in [5.41, 5.74) is 1.37. The maximum absolute atomic E-state index is 12.9. The summed E-state index contributed by atoms with van der Waals surface area (Å²) in [7, 11) is 0. The summed E-state index contributed by atoms with van der Waals surface area (Å²) in [6.45, 7) is 1.80. The van der Waals surface area contributed by atoms with Crippen molar-refractivity contribution in [3.05, 3.63) is 54.6 Å². The van der Waals surface area contributed by atoms with Crippen LogP contribution in [0.1, 0.15) is 23.2 Å². The third-order valence-electron chi connectivity index (χ3n) is 5.34. The smallest absolute Gasteiger partial charge is 0.256 e. The van der Waals surface area contributed by atoms with E-state index in [1.54, 1.807) is 24.8 Å². The van der Waals surface area contributed by atoms with Gasteiger partial charge >= 0.3 is 0 Å². The molecule has 1 N–H and O–H groups in total. The van der Waals surface area contributed by atoms with E-state index < -0.39 is 0 Å². The molecule has 2 aromatic heterocycles. The number of benzene rings is 1. The van der Waals surface area contributed by atoms with Crippen molar-refractivity contribution < 1.29 is 14.3 Å². The first-order chi connectivity index (χ1) is 13.2. The molecule has 2 aliphatic rings. The molecular formula is C20H20N4O3. The van der Waals surface area contributed by atoms with Crippen LogP contribution in [0.2, 0.25) is 0 Å². The van der Waals surface area contributed by atoms with E-state index in [1.807, 2.05) is 29.2 Å². The lowest BCUT2D eigenvalue weighted by Gasteiger charge is -2.52. The highest BCUT2D eigenvalue weighted by atomic mass is 16.5. The van der Waals surface area contributed by atoms with Crippen LogP contribution in [-0.4, -0.2) is 57.2 Å². The summed E-state index contributed by atoms with van der Waals surface area (Å²) in [6.07, 6.45) is 8.25. The lowest BCUT2D eigenvalue weighted by atomic mass is 9.84. The van der Waals surface area contributed by atoms with Crippen LogP contribution < -0.4 is 4.74 Å². The van der Waals surface area contributed by atoms with Gasteiger partial charge in [-0.15, -0.1) is 0 Å². The van der Waals surface area contributed by atoms with Crippen LogP contribution in [0.5, 0.6) is 5.88 Å². The standard InChI is InChI=1S/C20H20N4O3/c25-19(16-10-23-17-4-2-1-3-15(16)17)24-12-20(13-24)9-14(5-8-26-20)27-18-11-21-6-7-22-18/h1-4,6-7,10-11,14,23H,5,8-9,12-13H2/t14-/m1/s1. The maximum atomic E-state index is 12.9. The van der Waals surface area contributed by atoms with Gasteiger partial charge in [0.2, 0.25) is 5.88 Å². The molecule has 1 aromatic carbocycles. The van der Waals surface area contributed by atoms with Gasteiger partial charge in [0.1, 0.15) is 11.7 Å². The van der Waals surface area contributed by atoms with Gasteiger partial charge in [-0.1, -0.05) is 18.2 Å². The van der Waals surface area contributed by atoms with E-state index in [4.69, 9.17) is 9.47 Å². The van der Waals surface area contributed by atoms with Gasteiger partial charge < -0.3 is 19.4 Å². The van der Waals surface area contributed by atoms with Gasteiger partial charge in [-0.25, -0.2) is 4.98 Å². The number of carbonyl (C=O) groups excluding carboxylic acids is 1. The van der Waals surface area contributed by atoms with Gasteiger partial charge in [0.25, 0.3) is 5.91 Å². The minimum absolute atomic E-state index is 0.0285. The summed E-state index contributed by atoms with van der Waals surface area (Å²) >= 11 is 0. The number of hydrogen-bond donors (Lipinski definition) is 1. The average molecular weight is 364 g/mol. The number of para-hydroxylation sites is 1. The van der Waals surface area contributed by atoms with Crippen molar-refractivity contribution in [2.75, 3.05) is 19.7 Å². The van der Waals surface area contributed by atoms with E-state index in [9.17, 15) is 4.79 Å².